The molecule has 0 spiro atoms. The number of pyridine rings is 1. The van der Waals surface area contributed by atoms with Gasteiger partial charge in [-0.2, -0.15) is 0 Å². The van der Waals surface area contributed by atoms with Crippen LogP contribution in [0.1, 0.15) is 62.8 Å². The third kappa shape index (κ3) is 3.19. The van der Waals surface area contributed by atoms with Crippen LogP contribution in [-0.4, -0.2) is 15.9 Å². The molecule has 2 aromatic heterocycles. The molecule has 1 unspecified atom stereocenters. The summed E-state index contributed by atoms with van der Waals surface area (Å²) in [7, 11) is 0. The molecule has 0 aliphatic heterocycles. The number of nitrogen functional groups attached to an aromatic ring is 1. The van der Waals surface area contributed by atoms with E-state index in [1.54, 1.807) is 0 Å². The molecular weight excluding hydrogens is 288 g/mol. The van der Waals surface area contributed by atoms with Crippen molar-refractivity contribution in [1.29, 1.82) is 0 Å². The van der Waals surface area contributed by atoms with Gasteiger partial charge in [0.1, 0.15) is 11.2 Å². The van der Waals surface area contributed by atoms with Crippen LogP contribution in [-0.2, 0) is 12.8 Å². The molecule has 0 radical (unpaired) electrons. The lowest BCUT2D eigenvalue weighted by Gasteiger charge is -2.34. The second-order valence-corrected chi connectivity index (χ2v) is 7.07. The van der Waals surface area contributed by atoms with E-state index in [0.717, 1.165) is 30.5 Å². The van der Waals surface area contributed by atoms with E-state index in [4.69, 9.17) is 11.5 Å². The van der Waals surface area contributed by atoms with Crippen LogP contribution in [0.3, 0.4) is 0 Å². The second-order valence-electron chi connectivity index (χ2n) is 7.07. The van der Waals surface area contributed by atoms with Gasteiger partial charge in [-0.15, -0.1) is 0 Å². The normalized spacial score (nSPS) is 17.3. The molecule has 5 heteroatoms. The Morgan fingerprint density at radius 1 is 1.35 bits per heavy atom. The van der Waals surface area contributed by atoms with E-state index in [0.29, 0.717) is 22.5 Å². The van der Waals surface area contributed by atoms with Crippen LogP contribution in [0.5, 0.6) is 0 Å². The van der Waals surface area contributed by atoms with Crippen molar-refractivity contribution in [3.63, 3.8) is 0 Å². The van der Waals surface area contributed by atoms with Crippen molar-refractivity contribution in [3.05, 3.63) is 23.0 Å². The van der Waals surface area contributed by atoms with E-state index in [1.807, 2.05) is 13.8 Å². The summed E-state index contributed by atoms with van der Waals surface area (Å²) in [6, 6.07) is 2.08. The minimum atomic E-state index is -0.545. The Kier molecular flexibility index (Phi) is 4.68. The van der Waals surface area contributed by atoms with Gasteiger partial charge in [0.2, 0.25) is 0 Å². The molecule has 1 atom stereocenters. The number of carbonyl (C=O) groups excluding carboxylic acids is 1. The average Bonchev–Trinajstić information content (AvgIpc) is 2.82. The summed E-state index contributed by atoms with van der Waals surface area (Å²) >= 11 is 0. The van der Waals surface area contributed by atoms with Crippen LogP contribution in [0.4, 0.5) is 5.69 Å². The van der Waals surface area contributed by atoms with Crippen molar-refractivity contribution in [2.45, 2.75) is 53.9 Å². The number of aryl methyl sites for hydroxylation is 1. The van der Waals surface area contributed by atoms with Crippen LogP contribution in [0.25, 0.3) is 11.0 Å². The van der Waals surface area contributed by atoms with Gasteiger partial charge in [-0.25, -0.2) is 4.98 Å². The lowest BCUT2D eigenvalue weighted by molar-refractivity contribution is 0.0997. The van der Waals surface area contributed by atoms with E-state index in [9.17, 15) is 4.79 Å². The number of nitrogens with zero attached hydrogens (tertiary/aromatic N) is 1. The number of fused-ring (bicyclic) bond motifs is 2. The van der Waals surface area contributed by atoms with Gasteiger partial charge in [-0.1, -0.05) is 34.6 Å². The predicted molar refractivity (Wildman–Crippen MR) is 95.3 cm³/mol. The van der Waals surface area contributed by atoms with Crippen LogP contribution in [0, 0.1) is 11.3 Å². The molecule has 0 saturated heterocycles. The highest BCUT2D eigenvalue weighted by Crippen LogP contribution is 2.38. The van der Waals surface area contributed by atoms with Crippen molar-refractivity contribution in [2.75, 3.05) is 5.73 Å². The number of carbonyl (C=O) groups is 1. The summed E-state index contributed by atoms with van der Waals surface area (Å²) < 4.78 is 0. The van der Waals surface area contributed by atoms with E-state index < -0.39 is 5.91 Å². The number of rotatable bonds is 1. The molecule has 23 heavy (non-hydrogen) atoms. The summed E-state index contributed by atoms with van der Waals surface area (Å²) in [4.78, 5) is 19.1. The summed E-state index contributed by atoms with van der Waals surface area (Å²) in [5.41, 5.74) is 16.0. The average molecular weight is 316 g/mol. The fraction of sp³-hybridized carbons (Fsp3) is 0.556. The maximum atomic E-state index is 11.4. The Morgan fingerprint density at radius 3 is 2.57 bits per heavy atom. The highest BCUT2D eigenvalue weighted by atomic mass is 16.1. The first-order valence-corrected chi connectivity index (χ1v) is 8.37. The van der Waals surface area contributed by atoms with Crippen molar-refractivity contribution in [1.82, 2.24) is 9.97 Å². The molecule has 3 rings (SSSR count). The zero-order valence-corrected chi connectivity index (χ0v) is 14.8. The zero-order valence-electron chi connectivity index (χ0n) is 14.8. The number of amides is 1. The Balaban J connectivity index is 0.000000924. The molecule has 0 bridgehead atoms. The topological polar surface area (TPSA) is 97.8 Å². The minimum absolute atomic E-state index is 0.257. The first-order valence-electron chi connectivity index (χ1n) is 8.37. The smallest absolute Gasteiger partial charge is 0.267 e. The fourth-order valence-electron chi connectivity index (χ4n) is 3.22. The maximum absolute atomic E-state index is 11.4. The molecule has 0 aromatic carbocycles. The third-order valence-corrected chi connectivity index (χ3v) is 4.64. The summed E-state index contributed by atoms with van der Waals surface area (Å²) in [6.07, 6.45) is 3.12. The maximum Gasteiger partial charge on any atom is 0.267 e. The Bertz CT molecular complexity index is 725. The number of aromatic nitrogens is 2. The monoisotopic (exact) mass is 316 g/mol. The molecule has 0 saturated carbocycles. The summed E-state index contributed by atoms with van der Waals surface area (Å²) in [5, 5.41) is 0. The highest BCUT2D eigenvalue weighted by molar-refractivity contribution is 6.05. The summed E-state index contributed by atoms with van der Waals surface area (Å²) in [5.74, 6) is 0.100. The molecule has 126 valence electrons. The van der Waals surface area contributed by atoms with Gasteiger partial charge in [0.05, 0.1) is 11.2 Å². The number of aromatic amines is 1. The molecule has 2 aromatic rings. The lowest BCUT2D eigenvalue weighted by Crippen LogP contribution is -2.27. The Morgan fingerprint density at radius 2 is 2.00 bits per heavy atom. The van der Waals surface area contributed by atoms with Gasteiger partial charge in [0, 0.05) is 5.69 Å². The largest absolute Gasteiger partial charge is 0.395 e. The van der Waals surface area contributed by atoms with Gasteiger partial charge in [0.15, 0.2) is 0 Å². The van der Waals surface area contributed by atoms with Crippen molar-refractivity contribution in [3.8, 4) is 0 Å². The van der Waals surface area contributed by atoms with E-state index >= 15 is 0 Å². The fourth-order valence-corrected chi connectivity index (χ4v) is 3.22. The summed E-state index contributed by atoms with van der Waals surface area (Å²) in [6.45, 7) is 10.9. The predicted octanol–water partition coefficient (Wildman–Crippen LogP) is 3.42. The lowest BCUT2D eigenvalue weighted by atomic mass is 9.71. The quantitative estimate of drug-likeness (QED) is 0.751. The molecular formula is C18H28N4O. The van der Waals surface area contributed by atoms with Gasteiger partial charge in [-0.3, -0.25) is 4.79 Å². The number of nitrogens with one attached hydrogen (secondary N) is 1. The SMILES string of the molecule is CC.CC(C)(C)C1CCc2nc3c(N)c(C(N)=O)[nH]c3cc2C1. The van der Waals surface area contributed by atoms with E-state index in [1.165, 1.54) is 5.56 Å². The number of H-pyrrole nitrogens is 1. The van der Waals surface area contributed by atoms with Crippen molar-refractivity contribution < 1.29 is 4.79 Å². The van der Waals surface area contributed by atoms with Gasteiger partial charge < -0.3 is 16.5 Å². The Hall–Kier alpha value is -2.04. The molecule has 1 aliphatic carbocycles. The van der Waals surface area contributed by atoms with Gasteiger partial charge in [0.25, 0.3) is 5.91 Å². The molecule has 5 nitrogen and oxygen atoms in total. The van der Waals surface area contributed by atoms with E-state index in [-0.39, 0.29) is 5.69 Å². The number of hydrogen-bond acceptors (Lipinski definition) is 3. The van der Waals surface area contributed by atoms with Crippen LogP contribution < -0.4 is 11.5 Å². The first kappa shape index (κ1) is 17.3. The number of primary amides is 1. The van der Waals surface area contributed by atoms with Gasteiger partial charge in [-0.05, 0) is 42.2 Å². The Labute approximate surface area is 137 Å². The standard InChI is InChI=1S/C16H22N4O.C2H6/c1-16(2,3)9-4-5-10-8(6-9)7-11-13(19-10)12(17)14(20-11)15(18)21;1-2/h7,9,20H,4-6,17H2,1-3H3,(H2,18,21);1-2H3. The van der Waals surface area contributed by atoms with Crippen LogP contribution in [0.2, 0.25) is 0 Å². The first-order chi connectivity index (χ1) is 10.8. The molecule has 1 aliphatic rings. The molecule has 1 amide bonds. The molecule has 5 N–H and O–H groups in total. The molecule has 2 heterocycles. The number of hydrogen-bond donors (Lipinski definition) is 3. The van der Waals surface area contributed by atoms with Crippen LogP contribution >= 0.6 is 0 Å². The minimum Gasteiger partial charge on any atom is -0.395 e. The van der Waals surface area contributed by atoms with Crippen molar-refractivity contribution in [2.24, 2.45) is 17.1 Å². The second kappa shape index (κ2) is 6.22. The van der Waals surface area contributed by atoms with Crippen molar-refractivity contribution >= 4 is 22.6 Å². The zero-order chi connectivity index (χ0) is 17.4. The third-order valence-electron chi connectivity index (χ3n) is 4.64. The number of anilines is 1. The van der Waals surface area contributed by atoms with E-state index in [2.05, 4.69) is 36.8 Å². The van der Waals surface area contributed by atoms with Crippen LogP contribution in [0.15, 0.2) is 6.07 Å². The number of nitrogens with two attached hydrogens (primary N) is 2. The molecule has 0 fully saturated rings. The van der Waals surface area contributed by atoms with Gasteiger partial charge >= 0.3 is 0 Å². The highest BCUT2D eigenvalue weighted by Gasteiger charge is 2.30.